The monoisotopic (exact) mass is 300 g/mol. The molecule has 1 unspecified atom stereocenters. The molecule has 0 aliphatic heterocycles. The van der Waals surface area contributed by atoms with E-state index in [1.165, 1.54) is 23.5 Å². The molecule has 0 saturated carbocycles. The molecule has 0 bridgehead atoms. The maximum absolute atomic E-state index is 12.5. The Labute approximate surface area is 119 Å². The van der Waals surface area contributed by atoms with Crippen LogP contribution in [0.3, 0.4) is 0 Å². The summed E-state index contributed by atoms with van der Waals surface area (Å²) in [5, 5.41) is 2.61. The van der Waals surface area contributed by atoms with Crippen molar-refractivity contribution in [3.05, 3.63) is 40.2 Å². The van der Waals surface area contributed by atoms with Gasteiger partial charge in [-0.25, -0.2) is 4.98 Å². The van der Waals surface area contributed by atoms with E-state index in [4.69, 9.17) is 5.73 Å². The molecule has 0 spiro atoms. The maximum Gasteiger partial charge on any atom is 0.416 e. The van der Waals surface area contributed by atoms with Crippen molar-refractivity contribution >= 4 is 11.3 Å². The van der Waals surface area contributed by atoms with Crippen LogP contribution >= 0.6 is 11.3 Å². The van der Waals surface area contributed by atoms with E-state index in [1.54, 1.807) is 0 Å². The molecule has 108 valence electrons. The number of aromatic nitrogens is 1. The Morgan fingerprint density at radius 3 is 2.30 bits per heavy atom. The van der Waals surface area contributed by atoms with Crippen molar-refractivity contribution in [3.63, 3.8) is 0 Å². The van der Waals surface area contributed by atoms with Crippen molar-refractivity contribution in [1.82, 2.24) is 4.98 Å². The first-order chi connectivity index (χ1) is 9.24. The molecule has 20 heavy (non-hydrogen) atoms. The van der Waals surface area contributed by atoms with E-state index < -0.39 is 17.3 Å². The van der Waals surface area contributed by atoms with Crippen LogP contribution in [0.4, 0.5) is 13.2 Å². The van der Waals surface area contributed by atoms with Gasteiger partial charge in [0.2, 0.25) is 0 Å². The molecule has 2 aromatic rings. The number of benzene rings is 1. The Morgan fingerprint density at radius 1 is 1.20 bits per heavy atom. The number of nitrogens with zero attached hydrogens (tertiary/aromatic N) is 1. The van der Waals surface area contributed by atoms with Gasteiger partial charge in [-0.3, -0.25) is 0 Å². The molecular weight excluding hydrogens is 285 g/mol. The topological polar surface area (TPSA) is 38.9 Å². The third kappa shape index (κ3) is 3.02. The summed E-state index contributed by atoms with van der Waals surface area (Å²) in [6, 6.07) is 4.99. The minimum absolute atomic E-state index is 0.505. The van der Waals surface area contributed by atoms with E-state index in [2.05, 4.69) is 4.98 Å². The predicted molar refractivity (Wildman–Crippen MR) is 74.4 cm³/mol. The smallest absolute Gasteiger partial charge is 0.320 e. The van der Waals surface area contributed by atoms with Gasteiger partial charge in [-0.2, -0.15) is 13.2 Å². The molecule has 1 atom stereocenters. The summed E-state index contributed by atoms with van der Waals surface area (Å²) in [4.78, 5) is 4.43. The molecule has 6 heteroatoms. The number of hydrogen-bond acceptors (Lipinski definition) is 3. The zero-order chi connectivity index (χ0) is 15.0. The highest BCUT2D eigenvalue weighted by Crippen LogP contribution is 2.32. The number of rotatable bonds is 3. The van der Waals surface area contributed by atoms with Gasteiger partial charge in [0, 0.05) is 10.9 Å². The Hall–Kier alpha value is -1.40. The van der Waals surface area contributed by atoms with Crippen LogP contribution in [0.2, 0.25) is 0 Å². The minimum atomic E-state index is -4.32. The van der Waals surface area contributed by atoms with Gasteiger partial charge in [0.25, 0.3) is 0 Å². The highest BCUT2D eigenvalue weighted by Gasteiger charge is 2.30. The predicted octanol–water partition coefficient (Wildman–Crippen LogP) is 4.41. The summed E-state index contributed by atoms with van der Waals surface area (Å²) in [6.45, 7) is 3.86. The molecular formula is C14H15F3N2S. The normalized spacial score (nSPS) is 15.1. The lowest BCUT2D eigenvalue weighted by atomic mass is 10.0. The van der Waals surface area contributed by atoms with Gasteiger partial charge in [-0.15, -0.1) is 11.3 Å². The van der Waals surface area contributed by atoms with Crippen molar-refractivity contribution in [2.75, 3.05) is 0 Å². The largest absolute Gasteiger partial charge is 0.416 e. The molecule has 2 N–H and O–H groups in total. The van der Waals surface area contributed by atoms with Crippen LogP contribution in [-0.2, 0) is 11.7 Å². The van der Waals surface area contributed by atoms with E-state index >= 15 is 0 Å². The average molecular weight is 300 g/mol. The van der Waals surface area contributed by atoms with Gasteiger partial charge < -0.3 is 5.73 Å². The fourth-order valence-corrected chi connectivity index (χ4v) is 2.63. The highest BCUT2D eigenvalue weighted by atomic mass is 32.1. The zero-order valence-electron chi connectivity index (χ0n) is 11.2. The maximum atomic E-state index is 12.5. The van der Waals surface area contributed by atoms with Crippen LogP contribution in [0.15, 0.2) is 29.6 Å². The van der Waals surface area contributed by atoms with E-state index in [-0.39, 0.29) is 0 Å². The van der Waals surface area contributed by atoms with Crippen LogP contribution in [0.5, 0.6) is 0 Å². The summed E-state index contributed by atoms with van der Waals surface area (Å²) in [5.74, 6) is 0. The number of hydrogen-bond donors (Lipinski definition) is 1. The quantitative estimate of drug-likeness (QED) is 0.911. The Kier molecular flexibility index (Phi) is 3.88. The first kappa shape index (κ1) is 15.0. The summed E-state index contributed by atoms with van der Waals surface area (Å²) >= 11 is 1.43. The first-order valence-corrected chi connectivity index (χ1v) is 7.04. The van der Waals surface area contributed by atoms with Crippen LogP contribution in [0.25, 0.3) is 11.3 Å². The van der Waals surface area contributed by atoms with Crippen molar-refractivity contribution in [1.29, 1.82) is 0 Å². The average Bonchev–Trinajstić information content (AvgIpc) is 2.88. The SMILES string of the molecule is CCC(C)(N)c1nc(-c2ccc(C(F)(F)F)cc2)cs1. The third-order valence-corrected chi connectivity index (χ3v) is 4.36. The van der Waals surface area contributed by atoms with Crippen LogP contribution in [-0.4, -0.2) is 4.98 Å². The van der Waals surface area contributed by atoms with Crippen LogP contribution < -0.4 is 5.73 Å². The molecule has 2 rings (SSSR count). The fourth-order valence-electron chi connectivity index (χ4n) is 1.65. The summed E-state index contributed by atoms with van der Waals surface area (Å²) < 4.78 is 37.5. The van der Waals surface area contributed by atoms with Crippen molar-refractivity contribution in [2.45, 2.75) is 32.0 Å². The Bertz CT molecular complexity index is 585. The second-order valence-corrected chi connectivity index (χ2v) is 5.74. The highest BCUT2D eigenvalue weighted by molar-refractivity contribution is 7.10. The molecule has 1 aromatic carbocycles. The molecule has 0 aliphatic rings. The zero-order valence-corrected chi connectivity index (χ0v) is 12.0. The van der Waals surface area contributed by atoms with Gasteiger partial charge in [-0.1, -0.05) is 19.1 Å². The van der Waals surface area contributed by atoms with E-state index in [1.807, 2.05) is 19.2 Å². The second-order valence-electron chi connectivity index (χ2n) is 4.88. The molecule has 1 aromatic heterocycles. The Morgan fingerprint density at radius 2 is 1.80 bits per heavy atom. The second kappa shape index (κ2) is 5.18. The number of halogens is 3. The van der Waals surface area contributed by atoms with Gasteiger partial charge >= 0.3 is 6.18 Å². The van der Waals surface area contributed by atoms with Gasteiger partial charge in [0.1, 0.15) is 5.01 Å². The van der Waals surface area contributed by atoms with Gasteiger partial charge in [-0.05, 0) is 25.5 Å². The number of thiazole rings is 1. The first-order valence-electron chi connectivity index (χ1n) is 6.16. The summed E-state index contributed by atoms with van der Waals surface area (Å²) in [6.07, 6.45) is -3.57. The molecule has 2 nitrogen and oxygen atoms in total. The van der Waals surface area contributed by atoms with Crippen molar-refractivity contribution in [2.24, 2.45) is 5.73 Å². The van der Waals surface area contributed by atoms with E-state index in [9.17, 15) is 13.2 Å². The molecule has 0 radical (unpaired) electrons. The molecule has 0 aliphatic carbocycles. The lowest BCUT2D eigenvalue weighted by Gasteiger charge is -2.18. The Balaban J connectivity index is 2.29. The van der Waals surface area contributed by atoms with Gasteiger partial charge in [0.05, 0.1) is 16.8 Å². The standard InChI is InChI=1S/C14H15F3N2S/c1-3-13(2,18)12-19-11(8-20-12)9-4-6-10(7-5-9)14(15,16)17/h4-8H,3,18H2,1-2H3. The molecule has 0 fully saturated rings. The molecule has 1 heterocycles. The minimum Gasteiger partial charge on any atom is -0.320 e. The fraction of sp³-hybridized carbons (Fsp3) is 0.357. The molecule has 0 saturated heterocycles. The van der Waals surface area contributed by atoms with E-state index in [0.717, 1.165) is 23.6 Å². The summed E-state index contributed by atoms with van der Waals surface area (Å²) in [5.41, 5.74) is 6.26. The van der Waals surface area contributed by atoms with Crippen molar-refractivity contribution < 1.29 is 13.2 Å². The summed E-state index contributed by atoms with van der Waals surface area (Å²) in [7, 11) is 0. The van der Waals surface area contributed by atoms with E-state index in [0.29, 0.717) is 11.3 Å². The van der Waals surface area contributed by atoms with Gasteiger partial charge in [0.15, 0.2) is 0 Å². The lowest BCUT2D eigenvalue weighted by Crippen LogP contribution is -2.31. The van der Waals surface area contributed by atoms with Crippen molar-refractivity contribution in [3.8, 4) is 11.3 Å². The number of alkyl halides is 3. The third-order valence-electron chi connectivity index (χ3n) is 3.24. The number of nitrogens with two attached hydrogens (primary N) is 1. The van der Waals surface area contributed by atoms with Crippen LogP contribution in [0, 0.1) is 0 Å². The van der Waals surface area contributed by atoms with Crippen LogP contribution in [0.1, 0.15) is 30.8 Å². The lowest BCUT2D eigenvalue weighted by molar-refractivity contribution is -0.137. The molecule has 0 amide bonds.